The number of hydrogen-bond donors (Lipinski definition) is 2. The molecule has 0 bridgehead atoms. The summed E-state index contributed by atoms with van der Waals surface area (Å²) >= 11 is 0. The van der Waals surface area contributed by atoms with Crippen molar-refractivity contribution in [2.24, 2.45) is 11.5 Å². The molecule has 1 unspecified atom stereocenters. The molecule has 4 N–H and O–H groups in total. The Balaban J connectivity index is -0.000000601. The molecule has 0 fully saturated rings. The number of hydrogen-bond acceptors (Lipinski definition) is 4. The molecule has 32 heavy (non-hydrogen) atoms. The second-order valence-electron chi connectivity index (χ2n) is 5.63. The lowest BCUT2D eigenvalue weighted by atomic mass is 10.0. The number of rotatable bonds is 2. The van der Waals surface area contributed by atoms with Gasteiger partial charge in [-0.2, -0.15) is 0 Å². The minimum absolute atomic E-state index is 0.105. The first-order chi connectivity index (χ1) is 15.5. The number of carbonyl (C=O) groups is 2. The predicted octanol–water partition coefficient (Wildman–Crippen LogP) is 4.97. The molecule has 1 atom stereocenters. The summed E-state index contributed by atoms with van der Waals surface area (Å²) in [6.45, 7) is 13.3. The third-order valence-corrected chi connectivity index (χ3v) is 3.67. The Labute approximate surface area is 192 Å². The first-order valence-electron chi connectivity index (χ1n) is 10.5. The SMILES string of the molecule is C=O.CC.CC.CCN.CN1CC(c2cc(F)ccc2F)=CC1c1ccccc1.NC=O. The lowest BCUT2D eigenvalue weighted by molar-refractivity contribution is -0.107. The molecule has 1 aliphatic rings. The molecule has 0 aliphatic carbocycles. The van der Waals surface area contributed by atoms with Gasteiger partial charge >= 0.3 is 0 Å². The Hall–Kier alpha value is -2.90. The van der Waals surface area contributed by atoms with Gasteiger partial charge in [-0.3, -0.25) is 9.69 Å². The average Bonchev–Trinajstić information content (AvgIpc) is 3.22. The molecule has 0 saturated heterocycles. The smallest absolute Gasteiger partial charge is 0.204 e. The standard InChI is InChI=1S/C17H15F2N.C2H7N.2C2H6.CH3NO.CH2O/c1-20-11-13(15-10-14(18)7-8-16(15)19)9-17(20)12-5-3-2-4-6-12;1-2-3;2*1-2;2-1-3;1-2/h2-10,17H,11H2,1H3;2-3H2,1H3;2*1-2H3;1H,(H2,2,3);1H2. The van der Waals surface area contributed by atoms with E-state index >= 15 is 0 Å². The van der Waals surface area contributed by atoms with Crippen LogP contribution in [0.5, 0.6) is 0 Å². The molecule has 5 nitrogen and oxygen atoms in total. The van der Waals surface area contributed by atoms with Gasteiger partial charge in [-0.15, -0.1) is 0 Å². The fourth-order valence-electron chi connectivity index (χ4n) is 2.66. The van der Waals surface area contributed by atoms with Crippen LogP contribution in [0.2, 0.25) is 0 Å². The first kappa shape index (κ1) is 33.7. The van der Waals surface area contributed by atoms with Crippen LogP contribution in [0.4, 0.5) is 8.78 Å². The van der Waals surface area contributed by atoms with E-state index in [1.54, 1.807) is 0 Å². The third kappa shape index (κ3) is 12.7. The fraction of sp³-hybridized carbons (Fsp3) is 0.360. The molecule has 180 valence electrons. The van der Waals surface area contributed by atoms with Crippen molar-refractivity contribution in [2.75, 3.05) is 20.1 Å². The van der Waals surface area contributed by atoms with Crippen LogP contribution >= 0.6 is 0 Å². The van der Waals surface area contributed by atoms with Gasteiger partial charge in [0.25, 0.3) is 0 Å². The van der Waals surface area contributed by atoms with Crippen LogP contribution in [0.15, 0.2) is 54.6 Å². The van der Waals surface area contributed by atoms with Crippen molar-refractivity contribution in [2.45, 2.75) is 40.7 Å². The summed E-state index contributed by atoms with van der Waals surface area (Å²) in [5.41, 5.74) is 11.4. The van der Waals surface area contributed by atoms with E-state index in [2.05, 4.69) is 10.6 Å². The maximum Gasteiger partial charge on any atom is 0.204 e. The zero-order chi connectivity index (χ0) is 25.5. The molecule has 1 amide bonds. The molecular weight excluding hydrogens is 412 g/mol. The Bertz CT molecular complexity index is 741. The maximum absolute atomic E-state index is 13.9. The molecule has 0 radical (unpaired) electrons. The van der Waals surface area contributed by atoms with E-state index in [0.717, 1.165) is 23.7 Å². The summed E-state index contributed by atoms with van der Waals surface area (Å²) in [6, 6.07) is 13.7. The van der Waals surface area contributed by atoms with Gasteiger partial charge in [0.15, 0.2) is 0 Å². The minimum atomic E-state index is -0.409. The Kier molecular flexibility index (Phi) is 24.0. The van der Waals surface area contributed by atoms with Gasteiger partial charge in [-0.25, -0.2) is 8.78 Å². The molecule has 3 rings (SSSR count). The Morgan fingerprint density at radius 2 is 1.53 bits per heavy atom. The van der Waals surface area contributed by atoms with Crippen molar-refractivity contribution in [3.05, 3.63) is 77.4 Å². The summed E-state index contributed by atoms with van der Waals surface area (Å²) in [5, 5.41) is 0. The van der Waals surface area contributed by atoms with Gasteiger partial charge in [0, 0.05) is 12.1 Å². The number of benzene rings is 2. The normalized spacial score (nSPS) is 13.4. The topological polar surface area (TPSA) is 89.4 Å². The summed E-state index contributed by atoms with van der Waals surface area (Å²) in [4.78, 5) is 18.7. The lowest BCUT2D eigenvalue weighted by Gasteiger charge is -2.19. The molecule has 0 spiro atoms. The number of carbonyl (C=O) groups excluding carboxylic acids is 2. The van der Waals surface area contributed by atoms with Crippen molar-refractivity contribution in [1.29, 1.82) is 0 Å². The van der Waals surface area contributed by atoms with E-state index in [-0.39, 0.29) is 18.3 Å². The first-order valence-corrected chi connectivity index (χ1v) is 10.5. The van der Waals surface area contributed by atoms with Crippen molar-refractivity contribution in [3.8, 4) is 0 Å². The van der Waals surface area contributed by atoms with Crippen molar-refractivity contribution in [3.63, 3.8) is 0 Å². The van der Waals surface area contributed by atoms with Crippen LogP contribution in [0.25, 0.3) is 5.57 Å². The average molecular weight is 452 g/mol. The molecule has 2 aromatic carbocycles. The van der Waals surface area contributed by atoms with Gasteiger partial charge in [0.2, 0.25) is 6.41 Å². The number of likely N-dealkylation sites (N-methyl/N-ethyl adjacent to an activating group) is 1. The number of primary amides is 1. The fourth-order valence-corrected chi connectivity index (χ4v) is 2.66. The van der Waals surface area contributed by atoms with Gasteiger partial charge in [-0.05, 0) is 42.9 Å². The molecular formula is C25H39F2N3O2. The van der Waals surface area contributed by atoms with E-state index in [1.807, 2.05) is 84.9 Å². The molecule has 1 heterocycles. The second-order valence-corrected chi connectivity index (χ2v) is 5.63. The summed E-state index contributed by atoms with van der Waals surface area (Å²) in [7, 11) is 1.98. The zero-order valence-corrected chi connectivity index (χ0v) is 20.1. The highest BCUT2D eigenvalue weighted by Gasteiger charge is 2.25. The van der Waals surface area contributed by atoms with Crippen molar-refractivity contribution in [1.82, 2.24) is 4.90 Å². The highest BCUT2D eigenvalue weighted by molar-refractivity contribution is 5.70. The highest BCUT2D eigenvalue weighted by atomic mass is 19.1. The summed E-state index contributed by atoms with van der Waals surface area (Å²) in [6.07, 6.45) is 2.26. The largest absolute Gasteiger partial charge is 0.372 e. The molecule has 0 aromatic heterocycles. The molecule has 0 saturated carbocycles. The Morgan fingerprint density at radius 3 is 2.00 bits per heavy atom. The maximum atomic E-state index is 13.9. The number of nitrogens with two attached hydrogens (primary N) is 2. The van der Waals surface area contributed by atoms with Gasteiger partial charge < -0.3 is 16.3 Å². The molecule has 7 heteroatoms. The van der Waals surface area contributed by atoms with E-state index in [1.165, 1.54) is 12.1 Å². The highest BCUT2D eigenvalue weighted by Crippen LogP contribution is 2.34. The second kappa shape index (κ2) is 22.8. The van der Waals surface area contributed by atoms with E-state index in [0.29, 0.717) is 12.1 Å². The van der Waals surface area contributed by atoms with E-state index in [9.17, 15) is 8.78 Å². The van der Waals surface area contributed by atoms with Gasteiger partial charge in [0.1, 0.15) is 18.4 Å². The number of amides is 1. The number of nitrogens with zero attached hydrogens (tertiary/aromatic N) is 1. The van der Waals surface area contributed by atoms with Crippen LogP contribution in [0.3, 0.4) is 0 Å². The van der Waals surface area contributed by atoms with Crippen LogP contribution in [-0.2, 0) is 9.59 Å². The van der Waals surface area contributed by atoms with Crippen LogP contribution in [-0.4, -0.2) is 38.2 Å². The van der Waals surface area contributed by atoms with Crippen LogP contribution in [0.1, 0.15) is 51.8 Å². The van der Waals surface area contributed by atoms with E-state index < -0.39 is 5.82 Å². The number of halogens is 2. The zero-order valence-electron chi connectivity index (χ0n) is 20.1. The third-order valence-electron chi connectivity index (χ3n) is 3.67. The van der Waals surface area contributed by atoms with Crippen LogP contribution in [0, 0.1) is 11.6 Å². The lowest BCUT2D eigenvalue weighted by Crippen LogP contribution is -2.19. The van der Waals surface area contributed by atoms with Crippen molar-refractivity contribution < 1.29 is 18.4 Å². The van der Waals surface area contributed by atoms with E-state index in [4.69, 9.17) is 15.3 Å². The minimum Gasteiger partial charge on any atom is -0.372 e. The monoisotopic (exact) mass is 451 g/mol. The van der Waals surface area contributed by atoms with Crippen LogP contribution < -0.4 is 11.5 Å². The van der Waals surface area contributed by atoms with Crippen molar-refractivity contribution >= 4 is 18.8 Å². The Morgan fingerprint density at radius 1 is 1.06 bits per heavy atom. The summed E-state index contributed by atoms with van der Waals surface area (Å²) < 4.78 is 27.2. The summed E-state index contributed by atoms with van der Waals surface area (Å²) in [5.74, 6) is -0.784. The predicted molar refractivity (Wildman–Crippen MR) is 131 cm³/mol. The molecule has 2 aromatic rings. The molecule has 1 aliphatic heterocycles. The van der Waals surface area contributed by atoms with Gasteiger partial charge in [-0.1, -0.05) is 71.0 Å². The quantitative estimate of drug-likeness (QED) is 0.631. The van der Waals surface area contributed by atoms with Gasteiger partial charge in [0.05, 0.1) is 6.04 Å².